The van der Waals surface area contributed by atoms with Gasteiger partial charge < -0.3 is 15.0 Å². The van der Waals surface area contributed by atoms with Gasteiger partial charge in [0.1, 0.15) is 11.6 Å². The van der Waals surface area contributed by atoms with Gasteiger partial charge in [-0.3, -0.25) is 9.59 Å². The minimum atomic E-state index is -0.724. The summed E-state index contributed by atoms with van der Waals surface area (Å²) in [5, 5.41) is 2.92. The van der Waals surface area contributed by atoms with Crippen molar-refractivity contribution in [2.75, 3.05) is 19.8 Å². The summed E-state index contributed by atoms with van der Waals surface area (Å²) in [6.45, 7) is 11.6. The third kappa shape index (κ3) is 3.57. The maximum absolute atomic E-state index is 12.8. The Bertz CT molecular complexity index is 365. The van der Waals surface area contributed by atoms with Crippen LogP contribution in [-0.2, 0) is 14.3 Å². The summed E-state index contributed by atoms with van der Waals surface area (Å²) < 4.78 is 5.52. The number of nitrogens with zero attached hydrogens (tertiary/aromatic N) is 1. The van der Waals surface area contributed by atoms with Crippen molar-refractivity contribution in [3.63, 3.8) is 0 Å². The quantitative estimate of drug-likeness (QED) is 0.697. The smallest absolute Gasteiger partial charge is 0.246 e. The van der Waals surface area contributed by atoms with E-state index in [1.807, 2.05) is 27.7 Å². The minimum Gasteiger partial charge on any atom is -0.380 e. The van der Waals surface area contributed by atoms with Crippen LogP contribution < -0.4 is 5.32 Å². The highest BCUT2D eigenvalue weighted by Gasteiger charge is 2.50. The molecule has 0 radical (unpaired) electrons. The van der Waals surface area contributed by atoms with Gasteiger partial charge >= 0.3 is 0 Å². The molecule has 21 heavy (non-hydrogen) atoms. The van der Waals surface area contributed by atoms with Crippen molar-refractivity contribution in [3.8, 4) is 0 Å². The highest BCUT2D eigenvalue weighted by atomic mass is 16.5. The van der Waals surface area contributed by atoms with Gasteiger partial charge in [0.25, 0.3) is 0 Å². The average molecular weight is 298 g/mol. The predicted octanol–water partition coefficient (Wildman–Crippen LogP) is 1.95. The number of hydrogen-bond donors (Lipinski definition) is 1. The molecule has 0 aromatic carbocycles. The second-order valence-electron chi connectivity index (χ2n) is 6.04. The Morgan fingerprint density at radius 3 is 2.29 bits per heavy atom. The van der Waals surface area contributed by atoms with Crippen molar-refractivity contribution in [2.24, 2.45) is 5.92 Å². The second-order valence-corrected chi connectivity index (χ2v) is 6.04. The molecule has 1 aliphatic rings. The zero-order valence-corrected chi connectivity index (χ0v) is 14.1. The fourth-order valence-corrected chi connectivity index (χ4v) is 2.97. The molecular weight excluding hydrogens is 268 g/mol. The number of hydrogen-bond acceptors (Lipinski definition) is 3. The van der Waals surface area contributed by atoms with Gasteiger partial charge in [-0.15, -0.1) is 0 Å². The van der Waals surface area contributed by atoms with Gasteiger partial charge in [-0.05, 0) is 25.2 Å². The van der Waals surface area contributed by atoms with Gasteiger partial charge in [0, 0.05) is 13.2 Å². The molecule has 0 bridgehead atoms. The van der Waals surface area contributed by atoms with Crippen molar-refractivity contribution < 1.29 is 14.3 Å². The van der Waals surface area contributed by atoms with E-state index >= 15 is 0 Å². The first-order valence-corrected chi connectivity index (χ1v) is 8.14. The molecule has 1 aliphatic heterocycles. The Balaban J connectivity index is 2.95. The first-order chi connectivity index (χ1) is 9.94. The van der Waals surface area contributed by atoms with Crippen LogP contribution in [0.3, 0.4) is 0 Å². The summed E-state index contributed by atoms with van der Waals surface area (Å²) in [6, 6.07) is -0.421. The Hall–Kier alpha value is -1.10. The van der Waals surface area contributed by atoms with E-state index < -0.39 is 11.6 Å². The fourth-order valence-electron chi connectivity index (χ4n) is 2.97. The molecule has 0 aliphatic carbocycles. The van der Waals surface area contributed by atoms with E-state index in [-0.39, 0.29) is 17.7 Å². The molecule has 5 heteroatoms. The van der Waals surface area contributed by atoms with Gasteiger partial charge in [0.05, 0.1) is 6.61 Å². The standard InChI is InChI=1S/C16H30N2O3/c1-6-10-21-11-9-18-14(19)13(12(4)5)17-15(20)16(18,7-2)8-3/h12-13H,6-11H2,1-5H3,(H,17,20). The molecule has 0 spiro atoms. The number of carbonyl (C=O) groups excluding carboxylic acids is 2. The molecule has 122 valence electrons. The number of carbonyl (C=O) groups is 2. The summed E-state index contributed by atoms with van der Waals surface area (Å²) in [5.74, 6) is 0.0851. The van der Waals surface area contributed by atoms with Gasteiger partial charge in [-0.25, -0.2) is 0 Å². The highest BCUT2D eigenvalue weighted by Crippen LogP contribution is 2.30. The number of amides is 2. The number of ether oxygens (including phenoxy) is 1. The van der Waals surface area contributed by atoms with Gasteiger partial charge in [0.2, 0.25) is 11.8 Å². The molecule has 0 aromatic heterocycles. The van der Waals surface area contributed by atoms with Crippen LogP contribution in [-0.4, -0.2) is 48.1 Å². The molecule has 1 fully saturated rings. The van der Waals surface area contributed by atoms with E-state index in [1.54, 1.807) is 4.90 Å². The Kier molecular flexibility index (Phi) is 6.65. The Morgan fingerprint density at radius 2 is 1.81 bits per heavy atom. The van der Waals surface area contributed by atoms with Crippen molar-refractivity contribution in [1.82, 2.24) is 10.2 Å². The molecular formula is C16H30N2O3. The summed E-state index contributed by atoms with van der Waals surface area (Å²) in [6.07, 6.45) is 2.20. The van der Waals surface area contributed by atoms with Crippen molar-refractivity contribution in [3.05, 3.63) is 0 Å². The topological polar surface area (TPSA) is 58.6 Å². The Labute approximate surface area is 128 Å². The van der Waals surface area contributed by atoms with Crippen LogP contribution >= 0.6 is 0 Å². The zero-order chi connectivity index (χ0) is 16.0. The maximum atomic E-state index is 12.8. The normalized spacial score (nSPS) is 21.8. The highest BCUT2D eigenvalue weighted by molar-refractivity contribution is 5.99. The lowest BCUT2D eigenvalue weighted by atomic mass is 9.84. The van der Waals surface area contributed by atoms with Crippen molar-refractivity contribution in [2.45, 2.75) is 65.5 Å². The van der Waals surface area contributed by atoms with Crippen LogP contribution in [0, 0.1) is 5.92 Å². The predicted molar refractivity (Wildman–Crippen MR) is 82.9 cm³/mol. The second kappa shape index (κ2) is 7.78. The minimum absolute atomic E-state index is 0.0217. The molecule has 0 aromatic rings. The molecule has 5 nitrogen and oxygen atoms in total. The van der Waals surface area contributed by atoms with Crippen LogP contribution in [0.1, 0.15) is 53.9 Å². The van der Waals surface area contributed by atoms with E-state index in [9.17, 15) is 9.59 Å². The summed E-state index contributed by atoms with van der Waals surface area (Å²) >= 11 is 0. The van der Waals surface area contributed by atoms with Gasteiger partial charge in [0.15, 0.2) is 0 Å². The summed E-state index contributed by atoms with van der Waals surface area (Å²) in [7, 11) is 0. The molecule has 1 saturated heterocycles. The van der Waals surface area contributed by atoms with Crippen LogP contribution in [0.15, 0.2) is 0 Å². The molecule has 1 atom stereocenters. The lowest BCUT2D eigenvalue weighted by Gasteiger charge is -2.48. The summed E-state index contributed by atoms with van der Waals surface area (Å²) in [4.78, 5) is 27.1. The Morgan fingerprint density at radius 1 is 1.19 bits per heavy atom. The van der Waals surface area contributed by atoms with Crippen LogP contribution in [0.4, 0.5) is 0 Å². The molecule has 0 saturated carbocycles. The first kappa shape index (κ1) is 18.0. The van der Waals surface area contributed by atoms with E-state index in [1.165, 1.54) is 0 Å². The third-order valence-corrected chi connectivity index (χ3v) is 4.40. The van der Waals surface area contributed by atoms with Gasteiger partial charge in [-0.1, -0.05) is 34.6 Å². The van der Waals surface area contributed by atoms with E-state index in [2.05, 4.69) is 12.2 Å². The fraction of sp³-hybridized carbons (Fsp3) is 0.875. The van der Waals surface area contributed by atoms with Crippen LogP contribution in [0.5, 0.6) is 0 Å². The number of rotatable bonds is 8. The molecule has 1 N–H and O–H groups in total. The number of nitrogens with one attached hydrogen (secondary N) is 1. The molecule has 1 unspecified atom stereocenters. The van der Waals surface area contributed by atoms with E-state index in [4.69, 9.17) is 4.74 Å². The van der Waals surface area contributed by atoms with Crippen molar-refractivity contribution in [1.29, 1.82) is 0 Å². The molecule has 1 heterocycles. The largest absolute Gasteiger partial charge is 0.380 e. The monoisotopic (exact) mass is 298 g/mol. The third-order valence-electron chi connectivity index (χ3n) is 4.40. The van der Waals surface area contributed by atoms with Crippen LogP contribution in [0.2, 0.25) is 0 Å². The van der Waals surface area contributed by atoms with Crippen LogP contribution in [0.25, 0.3) is 0 Å². The first-order valence-electron chi connectivity index (χ1n) is 8.14. The van der Waals surface area contributed by atoms with Crippen molar-refractivity contribution >= 4 is 11.8 Å². The van der Waals surface area contributed by atoms with E-state index in [0.717, 1.165) is 6.42 Å². The SMILES string of the molecule is CCCOCCN1C(=O)C(C(C)C)NC(=O)C1(CC)CC. The van der Waals surface area contributed by atoms with E-state index in [0.29, 0.717) is 32.6 Å². The molecule has 2 amide bonds. The average Bonchev–Trinajstić information content (AvgIpc) is 2.46. The molecule has 1 rings (SSSR count). The zero-order valence-electron chi connectivity index (χ0n) is 14.1. The maximum Gasteiger partial charge on any atom is 0.246 e. The number of piperazine rings is 1. The lowest BCUT2D eigenvalue weighted by molar-refractivity contribution is -0.160. The van der Waals surface area contributed by atoms with Gasteiger partial charge in [-0.2, -0.15) is 0 Å². The summed E-state index contributed by atoms with van der Waals surface area (Å²) in [5.41, 5.74) is -0.724. The lowest BCUT2D eigenvalue weighted by Crippen LogP contribution is -2.71.